The van der Waals surface area contributed by atoms with Gasteiger partial charge in [-0.2, -0.15) is 0 Å². The predicted molar refractivity (Wildman–Crippen MR) is 67.2 cm³/mol. The van der Waals surface area contributed by atoms with Crippen LogP contribution < -0.4 is 0 Å². The Morgan fingerprint density at radius 3 is 2.81 bits per heavy atom. The summed E-state index contributed by atoms with van der Waals surface area (Å²) in [5, 5.41) is 0. The summed E-state index contributed by atoms with van der Waals surface area (Å²) in [6.07, 6.45) is 8.88. The van der Waals surface area contributed by atoms with E-state index in [1.54, 1.807) is 0 Å². The Morgan fingerprint density at radius 2 is 2.12 bits per heavy atom. The molecule has 5 atom stereocenters. The minimum Gasteiger partial charge on any atom is -0.303 e. The number of carbonyl (C=O) groups is 1. The summed E-state index contributed by atoms with van der Waals surface area (Å²) in [7, 11) is 0. The second kappa shape index (κ2) is 4.50. The van der Waals surface area contributed by atoms with Crippen molar-refractivity contribution in [3.8, 4) is 0 Å². The zero-order valence-corrected chi connectivity index (χ0v) is 11.0. The average molecular weight is 222 g/mol. The van der Waals surface area contributed by atoms with Gasteiger partial charge in [0, 0.05) is 6.42 Å². The molecule has 0 heterocycles. The van der Waals surface area contributed by atoms with Crippen LogP contribution in [0.15, 0.2) is 0 Å². The molecule has 1 nitrogen and oxygen atoms in total. The fourth-order valence-electron chi connectivity index (χ4n) is 4.86. The maximum atomic E-state index is 10.7. The first-order valence-corrected chi connectivity index (χ1v) is 7.03. The van der Waals surface area contributed by atoms with Crippen molar-refractivity contribution in [2.75, 3.05) is 0 Å². The quantitative estimate of drug-likeness (QED) is 0.658. The van der Waals surface area contributed by atoms with Crippen molar-refractivity contribution in [3.63, 3.8) is 0 Å². The lowest BCUT2D eigenvalue weighted by molar-refractivity contribution is -0.109. The first kappa shape index (κ1) is 12.1. The fraction of sp³-hybridized carbons (Fsp3) is 0.933. The molecule has 2 aliphatic rings. The molecule has 0 unspecified atom stereocenters. The van der Waals surface area contributed by atoms with Crippen molar-refractivity contribution in [2.45, 2.75) is 59.3 Å². The molecule has 1 heteroatoms. The van der Waals surface area contributed by atoms with E-state index in [-0.39, 0.29) is 0 Å². The average Bonchev–Trinajstić information content (AvgIpc) is 2.57. The van der Waals surface area contributed by atoms with Crippen molar-refractivity contribution >= 4 is 6.29 Å². The molecule has 0 aromatic rings. The number of hydrogen-bond acceptors (Lipinski definition) is 1. The van der Waals surface area contributed by atoms with Crippen molar-refractivity contribution in [1.29, 1.82) is 0 Å². The Bertz CT molecular complexity index is 260. The molecule has 0 aromatic carbocycles. The third-order valence-corrected chi connectivity index (χ3v) is 5.70. The summed E-state index contributed by atoms with van der Waals surface area (Å²) in [5.74, 6) is 3.23. The Balaban J connectivity index is 2.14. The van der Waals surface area contributed by atoms with Gasteiger partial charge in [0.2, 0.25) is 0 Å². The van der Waals surface area contributed by atoms with Gasteiger partial charge >= 0.3 is 0 Å². The van der Waals surface area contributed by atoms with Crippen LogP contribution in [-0.2, 0) is 4.79 Å². The van der Waals surface area contributed by atoms with E-state index < -0.39 is 0 Å². The van der Waals surface area contributed by atoms with Crippen LogP contribution >= 0.6 is 0 Å². The van der Waals surface area contributed by atoms with Crippen molar-refractivity contribution in [1.82, 2.24) is 0 Å². The van der Waals surface area contributed by atoms with Gasteiger partial charge in [0.05, 0.1) is 0 Å². The Morgan fingerprint density at radius 1 is 1.38 bits per heavy atom. The van der Waals surface area contributed by atoms with Gasteiger partial charge in [-0.1, -0.05) is 33.6 Å². The molecule has 2 fully saturated rings. The molecule has 0 amide bonds. The second-order valence-electron chi connectivity index (χ2n) is 6.55. The summed E-state index contributed by atoms with van der Waals surface area (Å²) in [6.45, 7) is 7.23. The largest absolute Gasteiger partial charge is 0.303 e. The molecule has 0 radical (unpaired) electrons. The molecule has 2 rings (SSSR count). The highest BCUT2D eigenvalue weighted by Crippen LogP contribution is 2.59. The maximum absolute atomic E-state index is 10.7. The van der Waals surface area contributed by atoms with Crippen molar-refractivity contribution in [3.05, 3.63) is 0 Å². The minimum absolute atomic E-state index is 0.542. The van der Waals surface area contributed by atoms with Crippen LogP contribution in [0.2, 0.25) is 0 Å². The molecule has 16 heavy (non-hydrogen) atoms. The Kier molecular flexibility index (Phi) is 3.42. The number of hydrogen-bond donors (Lipinski definition) is 0. The number of rotatable bonds is 3. The van der Waals surface area contributed by atoms with Gasteiger partial charge < -0.3 is 4.79 Å². The number of fused-ring (bicyclic) bond motifs is 1. The van der Waals surface area contributed by atoms with E-state index in [4.69, 9.17) is 0 Å². The van der Waals surface area contributed by atoms with E-state index in [9.17, 15) is 4.79 Å². The van der Waals surface area contributed by atoms with Crippen LogP contribution in [-0.4, -0.2) is 6.29 Å². The molecule has 0 saturated heterocycles. The van der Waals surface area contributed by atoms with Gasteiger partial charge in [0.25, 0.3) is 0 Å². The van der Waals surface area contributed by atoms with E-state index >= 15 is 0 Å². The van der Waals surface area contributed by atoms with Crippen LogP contribution in [0, 0.1) is 29.1 Å². The van der Waals surface area contributed by atoms with Gasteiger partial charge in [0.1, 0.15) is 6.29 Å². The number of carbonyl (C=O) groups excluding carboxylic acids is 1. The summed E-state index contributed by atoms with van der Waals surface area (Å²) < 4.78 is 0. The van der Waals surface area contributed by atoms with E-state index in [1.807, 2.05) is 0 Å². The lowest BCUT2D eigenvalue weighted by atomic mass is 9.59. The third kappa shape index (κ3) is 1.83. The first-order chi connectivity index (χ1) is 7.59. The maximum Gasteiger partial charge on any atom is 0.120 e. The molecule has 92 valence electrons. The summed E-state index contributed by atoms with van der Waals surface area (Å²) in [5.41, 5.74) is 0.542. The highest BCUT2D eigenvalue weighted by molar-refractivity contribution is 5.49. The smallest absolute Gasteiger partial charge is 0.120 e. The second-order valence-corrected chi connectivity index (χ2v) is 6.55. The van der Waals surface area contributed by atoms with Crippen LogP contribution in [0.1, 0.15) is 59.3 Å². The SMILES string of the molecule is C[C@@H](CC=O)[C@H]1CC[C@H]2[C@@H](C)CCC[C@]12C. The van der Waals surface area contributed by atoms with E-state index in [0.29, 0.717) is 11.3 Å². The third-order valence-electron chi connectivity index (χ3n) is 5.70. The summed E-state index contributed by atoms with van der Waals surface area (Å²) in [4.78, 5) is 10.7. The Labute approximate surface area is 100.0 Å². The van der Waals surface area contributed by atoms with Crippen LogP contribution in [0.4, 0.5) is 0 Å². The summed E-state index contributed by atoms with van der Waals surface area (Å²) >= 11 is 0. The van der Waals surface area contributed by atoms with E-state index in [0.717, 1.165) is 30.5 Å². The molecule has 0 bridgehead atoms. The zero-order valence-electron chi connectivity index (χ0n) is 11.0. The molecular formula is C15H26O. The highest BCUT2D eigenvalue weighted by atomic mass is 16.1. The van der Waals surface area contributed by atoms with E-state index in [2.05, 4.69) is 20.8 Å². The van der Waals surface area contributed by atoms with Gasteiger partial charge in [-0.3, -0.25) is 0 Å². The molecule has 0 spiro atoms. The lowest BCUT2D eigenvalue weighted by Gasteiger charge is -2.45. The minimum atomic E-state index is 0.542. The van der Waals surface area contributed by atoms with Gasteiger partial charge in [0.15, 0.2) is 0 Å². The molecule has 0 aromatic heterocycles. The normalized spacial score (nSPS) is 45.1. The molecule has 0 aliphatic heterocycles. The van der Waals surface area contributed by atoms with Crippen molar-refractivity contribution < 1.29 is 4.79 Å². The molecule has 2 aliphatic carbocycles. The topological polar surface area (TPSA) is 17.1 Å². The first-order valence-electron chi connectivity index (χ1n) is 7.03. The van der Waals surface area contributed by atoms with Crippen LogP contribution in [0.25, 0.3) is 0 Å². The summed E-state index contributed by atoms with van der Waals surface area (Å²) in [6, 6.07) is 0. The van der Waals surface area contributed by atoms with Gasteiger partial charge in [-0.15, -0.1) is 0 Å². The van der Waals surface area contributed by atoms with Crippen molar-refractivity contribution in [2.24, 2.45) is 29.1 Å². The molecule has 0 N–H and O–H groups in total. The van der Waals surface area contributed by atoms with E-state index in [1.165, 1.54) is 32.1 Å². The highest BCUT2D eigenvalue weighted by Gasteiger charge is 2.51. The zero-order chi connectivity index (χ0) is 11.8. The van der Waals surface area contributed by atoms with Crippen LogP contribution in [0.3, 0.4) is 0 Å². The monoisotopic (exact) mass is 222 g/mol. The Hall–Kier alpha value is -0.330. The van der Waals surface area contributed by atoms with Gasteiger partial charge in [-0.25, -0.2) is 0 Å². The predicted octanol–water partition coefficient (Wildman–Crippen LogP) is 4.06. The van der Waals surface area contributed by atoms with Gasteiger partial charge in [-0.05, 0) is 48.3 Å². The fourth-order valence-corrected chi connectivity index (χ4v) is 4.86. The molecular weight excluding hydrogens is 196 g/mol. The van der Waals surface area contributed by atoms with Crippen LogP contribution in [0.5, 0.6) is 0 Å². The lowest BCUT2D eigenvalue weighted by Crippen LogP contribution is -2.38. The molecule has 2 saturated carbocycles. The standard InChI is InChI=1S/C15H26O/c1-11-5-4-9-15(3)13(11)6-7-14(15)12(2)8-10-16/h10-14H,4-9H2,1-3H3/t11-,12-,13-,14+,15-/m0/s1. The number of aldehydes is 1.